The number of carbonyl (C=O) groups is 2. The van der Waals surface area contributed by atoms with Crippen LogP contribution in [0.4, 0.5) is 4.79 Å². The molecule has 6 nitrogen and oxygen atoms in total. The third-order valence-corrected chi connectivity index (χ3v) is 4.90. The van der Waals surface area contributed by atoms with Crippen molar-refractivity contribution in [3.05, 3.63) is 34.9 Å². The Morgan fingerprint density at radius 3 is 2.83 bits per heavy atom. The van der Waals surface area contributed by atoms with E-state index in [1.54, 1.807) is 6.07 Å². The number of amides is 2. The molecule has 1 aliphatic rings. The van der Waals surface area contributed by atoms with Gasteiger partial charge in [-0.05, 0) is 37.0 Å². The topological polar surface area (TPSA) is 92.9 Å². The molecule has 0 spiro atoms. The Labute approximate surface area is 146 Å². The number of carboxylic acid groups (broad SMARTS) is 1. The summed E-state index contributed by atoms with van der Waals surface area (Å²) >= 11 is 6.14. The van der Waals surface area contributed by atoms with E-state index < -0.39 is 17.6 Å². The highest BCUT2D eigenvalue weighted by atomic mass is 35.5. The van der Waals surface area contributed by atoms with Crippen LogP contribution in [0.2, 0.25) is 5.02 Å². The van der Waals surface area contributed by atoms with Crippen LogP contribution in [0.25, 0.3) is 0 Å². The summed E-state index contributed by atoms with van der Waals surface area (Å²) in [4.78, 5) is 24.0. The number of piperidine rings is 1. The first-order valence-electron chi connectivity index (χ1n) is 8.05. The zero-order valence-electron chi connectivity index (χ0n) is 13.7. The number of ether oxygens (including phenoxy) is 1. The van der Waals surface area contributed by atoms with Crippen molar-refractivity contribution in [1.82, 2.24) is 4.90 Å². The van der Waals surface area contributed by atoms with Gasteiger partial charge in [0.25, 0.3) is 0 Å². The Kier molecular flexibility index (Phi) is 6.07. The maximum Gasteiger partial charge on any atom is 0.407 e. The van der Waals surface area contributed by atoms with Crippen molar-refractivity contribution >= 4 is 23.6 Å². The minimum Gasteiger partial charge on any atom is -0.465 e. The molecule has 132 valence electrons. The van der Waals surface area contributed by atoms with Gasteiger partial charge in [-0.15, -0.1) is 0 Å². The first-order chi connectivity index (χ1) is 11.4. The lowest BCUT2D eigenvalue weighted by molar-refractivity contribution is -0.142. The lowest BCUT2D eigenvalue weighted by Gasteiger charge is -2.44. The number of carbonyl (C=O) groups excluding carboxylic acids is 1. The summed E-state index contributed by atoms with van der Waals surface area (Å²) in [5.41, 5.74) is 5.32. The average molecular weight is 355 g/mol. The molecule has 2 amide bonds. The Morgan fingerprint density at radius 1 is 1.50 bits per heavy atom. The lowest BCUT2D eigenvalue weighted by Crippen LogP contribution is -2.49. The Morgan fingerprint density at radius 2 is 2.25 bits per heavy atom. The highest BCUT2D eigenvalue weighted by Crippen LogP contribution is 2.42. The van der Waals surface area contributed by atoms with Gasteiger partial charge in [0.15, 0.2) is 0 Å². The largest absolute Gasteiger partial charge is 0.465 e. The number of primary amides is 1. The smallest absolute Gasteiger partial charge is 0.407 e. The summed E-state index contributed by atoms with van der Waals surface area (Å²) in [6, 6.07) is 7.30. The minimum atomic E-state index is -0.939. The third-order valence-electron chi connectivity index (χ3n) is 4.66. The fourth-order valence-corrected chi connectivity index (χ4v) is 3.71. The van der Waals surface area contributed by atoms with E-state index >= 15 is 0 Å². The fourth-order valence-electron chi connectivity index (χ4n) is 3.51. The zero-order valence-corrected chi connectivity index (χ0v) is 14.5. The lowest BCUT2D eigenvalue weighted by atomic mass is 9.75. The molecule has 24 heavy (non-hydrogen) atoms. The van der Waals surface area contributed by atoms with Crippen molar-refractivity contribution in [2.75, 3.05) is 19.7 Å². The van der Waals surface area contributed by atoms with Gasteiger partial charge in [-0.25, -0.2) is 4.79 Å². The first-order valence-corrected chi connectivity index (χ1v) is 8.43. The van der Waals surface area contributed by atoms with Crippen molar-refractivity contribution in [3.63, 3.8) is 0 Å². The second-order valence-corrected chi connectivity index (χ2v) is 6.51. The van der Waals surface area contributed by atoms with Gasteiger partial charge in [0.1, 0.15) is 6.61 Å². The van der Waals surface area contributed by atoms with E-state index in [0.29, 0.717) is 24.5 Å². The SMILES string of the molecule is CC[C@](OCC(N)=O)(c1cccc(Cl)c1)C1CCCN(C(=O)O)C1. The highest BCUT2D eigenvalue weighted by Gasteiger charge is 2.43. The van der Waals surface area contributed by atoms with E-state index in [2.05, 4.69) is 0 Å². The standard InChI is InChI=1S/C17H23ClN2O4/c1-2-17(24-11-15(19)21,12-5-3-7-14(18)9-12)13-6-4-8-20(10-13)16(22)23/h3,5,7,9,13H,2,4,6,8,10-11H2,1H3,(H2,19,21)(H,22,23)/t13?,17-/m0/s1. The summed E-state index contributed by atoms with van der Waals surface area (Å²) in [5.74, 6) is -0.633. The molecule has 1 unspecified atom stereocenters. The number of hydrogen-bond acceptors (Lipinski definition) is 3. The molecule has 0 aliphatic carbocycles. The van der Waals surface area contributed by atoms with Crippen LogP contribution in [-0.2, 0) is 15.1 Å². The predicted octanol–water partition coefficient (Wildman–Crippen LogP) is 2.84. The van der Waals surface area contributed by atoms with Crippen LogP contribution in [0.1, 0.15) is 31.7 Å². The summed E-state index contributed by atoms with van der Waals surface area (Å²) in [6.45, 7) is 2.61. The molecule has 0 aromatic heterocycles. The maximum atomic E-state index is 11.4. The summed E-state index contributed by atoms with van der Waals surface area (Å²) in [6.07, 6.45) is 1.20. The summed E-state index contributed by atoms with van der Waals surface area (Å²) in [5, 5.41) is 9.89. The van der Waals surface area contributed by atoms with Crippen LogP contribution in [0, 0.1) is 5.92 Å². The second kappa shape index (κ2) is 7.85. The summed E-state index contributed by atoms with van der Waals surface area (Å²) in [7, 11) is 0. The molecule has 2 rings (SSSR count). The molecule has 0 bridgehead atoms. The van der Waals surface area contributed by atoms with E-state index in [1.807, 2.05) is 25.1 Å². The number of halogens is 1. The van der Waals surface area contributed by atoms with Gasteiger partial charge in [-0.2, -0.15) is 0 Å². The van der Waals surface area contributed by atoms with E-state index in [9.17, 15) is 14.7 Å². The fraction of sp³-hybridized carbons (Fsp3) is 0.529. The van der Waals surface area contributed by atoms with Crippen LogP contribution in [-0.4, -0.2) is 41.7 Å². The van der Waals surface area contributed by atoms with E-state index in [-0.39, 0.29) is 12.5 Å². The quantitative estimate of drug-likeness (QED) is 0.821. The molecule has 1 fully saturated rings. The number of benzene rings is 1. The van der Waals surface area contributed by atoms with Crippen LogP contribution < -0.4 is 5.73 Å². The monoisotopic (exact) mass is 354 g/mol. The van der Waals surface area contributed by atoms with Gasteiger partial charge in [-0.3, -0.25) is 4.79 Å². The van der Waals surface area contributed by atoms with Crippen molar-refractivity contribution in [3.8, 4) is 0 Å². The third kappa shape index (κ3) is 3.99. The van der Waals surface area contributed by atoms with Gasteiger partial charge in [0, 0.05) is 24.0 Å². The van der Waals surface area contributed by atoms with Gasteiger partial charge < -0.3 is 20.5 Å². The van der Waals surface area contributed by atoms with Crippen LogP contribution in [0.15, 0.2) is 24.3 Å². The van der Waals surface area contributed by atoms with E-state index in [4.69, 9.17) is 22.1 Å². The van der Waals surface area contributed by atoms with Crippen LogP contribution in [0.5, 0.6) is 0 Å². The van der Waals surface area contributed by atoms with Gasteiger partial charge in [0.05, 0.1) is 5.60 Å². The van der Waals surface area contributed by atoms with Crippen molar-refractivity contribution in [2.45, 2.75) is 31.8 Å². The van der Waals surface area contributed by atoms with Gasteiger partial charge in [-0.1, -0.05) is 30.7 Å². The van der Waals surface area contributed by atoms with Crippen molar-refractivity contribution in [2.24, 2.45) is 11.7 Å². The maximum absolute atomic E-state index is 11.4. The predicted molar refractivity (Wildman–Crippen MR) is 90.9 cm³/mol. The second-order valence-electron chi connectivity index (χ2n) is 6.08. The molecule has 3 N–H and O–H groups in total. The molecule has 1 saturated heterocycles. The number of nitrogens with zero attached hydrogens (tertiary/aromatic N) is 1. The summed E-state index contributed by atoms with van der Waals surface area (Å²) < 4.78 is 6.00. The number of hydrogen-bond donors (Lipinski definition) is 2. The molecule has 0 saturated carbocycles. The van der Waals surface area contributed by atoms with Crippen LogP contribution in [0.3, 0.4) is 0 Å². The molecular formula is C17H23ClN2O4. The Bertz CT molecular complexity index is 610. The Balaban J connectivity index is 2.40. The molecule has 1 aromatic carbocycles. The minimum absolute atomic E-state index is 0.0785. The molecular weight excluding hydrogens is 332 g/mol. The number of rotatable bonds is 6. The highest BCUT2D eigenvalue weighted by molar-refractivity contribution is 6.30. The normalized spacial score (nSPS) is 20.4. The van der Waals surface area contributed by atoms with Gasteiger partial charge >= 0.3 is 6.09 Å². The first kappa shape index (κ1) is 18.5. The average Bonchev–Trinajstić information content (AvgIpc) is 2.56. The van der Waals surface area contributed by atoms with E-state index in [1.165, 1.54) is 4.90 Å². The molecule has 7 heteroatoms. The Hall–Kier alpha value is -1.79. The van der Waals surface area contributed by atoms with Crippen molar-refractivity contribution < 1.29 is 19.4 Å². The molecule has 1 aliphatic heterocycles. The van der Waals surface area contributed by atoms with E-state index in [0.717, 1.165) is 18.4 Å². The van der Waals surface area contributed by atoms with Crippen molar-refractivity contribution in [1.29, 1.82) is 0 Å². The number of nitrogens with two attached hydrogens (primary N) is 1. The number of likely N-dealkylation sites (tertiary alicyclic amines) is 1. The molecule has 1 aromatic rings. The molecule has 0 radical (unpaired) electrons. The molecule has 2 atom stereocenters. The van der Waals surface area contributed by atoms with Gasteiger partial charge in [0.2, 0.25) is 5.91 Å². The molecule has 1 heterocycles. The van der Waals surface area contributed by atoms with Crippen LogP contribution >= 0.6 is 11.6 Å². The zero-order chi connectivity index (χ0) is 17.7.